The van der Waals surface area contributed by atoms with Crippen LogP contribution < -0.4 is 20.1 Å². The number of hydrogen-bond donors (Lipinski definition) is 2. The Bertz CT molecular complexity index is 976. The number of methoxy groups -OCH3 is 2. The van der Waals surface area contributed by atoms with E-state index in [1.165, 1.54) is 11.1 Å². The molecule has 0 unspecified atom stereocenters. The molecule has 0 radical (unpaired) electrons. The molecule has 0 saturated carbocycles. The summed E-state index contributed by atoms with van der Waals surface area (Å²) in [5, 5.41) is 11.0. The van der Waals surface area contributed by atoms with Crippen LogP contribution in [0.25, 0.3) is 0 Å². The molecule has 3 rings (SSSR count). The summed E-state index contributed by atoms with van der Waals surface area (Å²) in [7, 11) is 3.36. The third-order valence-electron chi connectivity index (χ3n) is 4.94. The molecule has 3 aromatic rings. The Balaban J connectivity index is 0.00000363. The third-order valence-corrected chi connectivity index (χ3v) is 4.94. The number of benzene rings is 2. The van der Waals surface area contributed by atoms with E-state index in [2.05, 4.69) is 40.9 Å². The highest BCUT2D eigenvalue weighted by Crippen LogP contribution is 2.24. The number of nitrogens with one attached hydrogen (secondary N) is 2. The lowest BCUT2D eigenvalue weighted by molar-refractivity contribution is 0.398. The molecule has 2 N–H and O–H groups in total. The molecule has 8 heteroatoms. The Morgan fingerprint density at radius 2 is 1.81 bits per heavy atom. The Morgan fingerprint density at radius 1 is 1.00 bits per heavy atom. The Morgan fingerprint density at radius 3 is 2.50 bits per heavy atom. The van der Waals surface area contributed by atoms with Gasteiger partial charge in [0.15, 0.2) is 5.96 Å². The SMILES string of the molecule is CCNC(=NCc1ccccc1Cn1cccn1)NCCc1cc(OC)ccc1OC.I. The Kier molecular flexibility index (Phi) is 10.9. The van der Waals surface area contributed by atoms with Crippen molar-refractivity contribution in [3.05, 3.63) is 77.6 Å². The first-order chi connectivity index (χ1) is 15.2. The summed E-state index contributed by atoms with van der Waals surface area (Å²) in [6, 6.07) is 16.1. The fourth-order valence-electron chi connectivity index (χ4n) is 3.33. The molecule has 0 fully saturated rings. The van der Waals surface area contributed by atoms with Gasteiger partial charge in [0, 0.05) is 25.5 Å². The average Bonchev–Trinajstić information content (AvgIpc) is 3.31. The smallest absolute Gasteiger partial charge is 0.191 e. The van der Waals surface area contributed by atoms with Gasteiger partial charge in [-0.05, 0) is 54.3 Å². The zero-order chi connectivity index (χ0) is 21.9. The Hall–Kier alpha value is -2.75. The van der Waals surface area contributed by atoms with E-state index in [4.69, 9.17) is 14.5 Å². The van der Waals surface area contributed by atoms with Crippen molar-refractivity contribution in [2.45, 2.75) is 26.4 Å². The molecule has 172 valence electrons. The van der Waals surface area contributed by atoms with Gasteiger partial charge in [0.1, 0.15) is 11.5 Å². The predicted octanol–water partition coefficient (Wildman–Crippen LogP) is 3.86. The number of aromatic nitrogens is 2. The summed E-state index contributed by atoms with van der Waals surface area (Å²) < 4.78 is 12.7. The van der Waals surface area contributed by atoms with Crippen LogP contribution in [0.2, 0.25) is 0 Å². The van der Waals surface area contributed by atoms with Crippen LogP contribution in [0.1, 0.15) is 23.6 Å². The van der Waals surface area contributed by atoms with Crippen LogP contribution >= 0.6 is 24.0 Å². The highest BCUT2D eigenvalue weighted by Gasteiger charge is 2.07. The molecule has 1 heterocycles. The number of aliphatic imine (C=N–C) groups is 1. The van der Waals surface area contributed by atoms with Crippen LogP contribution in [0.4, 0.5) is 0 Å². The van der Waals surface area contributed by atoms with Crippen LogP contribution in [0.15, 0.2) is 65.9 Å². The van der Waals surface area contributed by atoms with Crippen molar-refractivity contribution in [2.75, 3.05) is 27.3 Å². The van der Waals surface area contributed by atoms with Gasteiger partial charge in [0.2, 0.25) is 0 Å². The highest BCUT2D eigenvalue weighted by molar-refractivity contribution is 14.0. The second kappa shape index (κ2) is 13.6. The van der Waals surface area contributed by atoms with Gasteiger partial charge < -0.3 is 20.1 Å². The van der Waals surface area contributed by atoms with E-state index in [-0.39, 0.29) is 24.0 Å². The van der Waals surface area contributed by atoms with Gasteiger partial charge >= 0.3 is 0 Å². The molecule has 0 amide bonds. The first-order valence-electron chi connectivity index (χ1n) is 10.5. The van der Waals surface area contributed by atoms with E-state index < -0.39 is 0 Å². The minimum atomic E-state index is 0. The molecule has 0 aliphatic rings. The first-order valence-corrected chi connectivity index (χ1v) is 10.5. The maximum absolute atomic E-state index is 5.48. The zero-order valence-electron chi connectivity index (χ0n) is 18.9. The monoisotopic (exact) mass is 549 g/mol. The molecular weight excluding hydrogens is 517 g/mol. The average molecular weight is 549 g/mol. The lowest BCUT2D eigenvalue weighted by Crippen LogP contribution is -2.38. The van der Waals surface area contributed by atoms with Crippen LogP contribution in [0, 0.1) is 0 Å². The molecule has 2 aromatic carbocycles. The molecule has 0 aliphatic carbocycles. The van der Waals surface area contributed by atoms with Crippen molar-refractivity contribution in [3.63, 3.8) is 0 Å². The Labute approximate surface area is 207 Å². The molecule has 1 aromatic heterocycles. The van der Waals surface area contributed by atoms with Crippen LogP contribution in [0.5, 0.6) is 11.5 Å². The highest BCUT2D eigenvalue weighted by atomic mass is 127. The van der Waals surface area contributed by atoms with Crippen molar-refractivity contribution in [1.82, 2.24) is 20.4 Å². The van der Waals surface area contributed by atoms with E-state index in [9.17, 15) is 0 Å². The quantitative estimate of drug-likeness (QED) is 0.228. The standard InChI is InChI=1S/C24H31N5O2.HI/c1-4-25-24(26-14-12-19-16-22(30-2)10-11-23(19)31-3)27-17-20-8-5-6-9-21(20)18-29-15-7-13-28-29;/h5-11,13,15-16H,4,12,14,17-18H2,1-3H3,(H2,25,26,27);1H. The lowest BCUT2D eigenvalue weighted by Gasteiger charge is -2.14. The predicted molar refractivity (Wildman–Crippen MR) is 139 cm³/mol. The van der Waals surface area contributed by atoms with Gasteiger partial charge in [-0.25, -0.2) is 4.99 Å². The van der Waals surface area contributed by atoms with Crippen LogP contribution in [-0.2, 0) is 19.5 Å². The molecule has 0 bridgehead atoms. The van der Waals surface area contributed by atoms with Crippen molar-refractivity contribution >= 4 is 29.9 Å². The van der Waals surface area contributed by atoms with Gasteiger partial charge in [-0.3, -0.25) is 4.68 Å². The van der Waals surface area contributed by atoms with E-state index >= 15 is 0 Å². The maximum atomic E-state index is 5.48. The minimum absolute atomic E-state index is 0. The van der Waals surface area contributed by atoms with E-state index in [0.717, 1.165) is 49.1 Å². The summed E-state index contributed by atoms with van der Waals surface area (Å²) in [4.78, 5) is 4.79. The fourth-order valence-corrected chi connectivity index (χ4v) is 3.33. The van der Waals surface area contributed by atoms with Gasteiger partial charge in [-0.15, -0.1) is 24.0 Å². The molecule has 0 spiro atoms. The minimum Gasteiger partial charge on any atom is -0.497 e. The third kappa shape index (κ3) is 7.44. The van der Waals surface area contributed by atoms with Gasteiger partial charge in [0.05, 0.1) is 27.3 Å². The molecule has 0 aliphatic heterocycles. The number of hydrogen-bond acceptors (Lipinski definition) is 4. The molecule has 32 heavy (non-hydrogen) atoms. The van der Waals surface area contributed by atoms with Gasteiger partial charge in [0.25, 0.3) is 0 Å². The van der Waals surface area contributed by atoms with Crippen LogP contribution in [-0.4, -0.2) is 43.0 Å². The van der Waals surface area contributed by atoms with Gasteiger partial charge in [-0.2, -0.15) is 5.10 Å². The second-order valence-electron chi connectivity index (χ2n) is 7.02. The van der Waals surface area contributed by atoms with Crippen LogP contribution in [0.3, 0.4) is 0 Å². The maximum Gasteiger partial charge on any atom is 0.191 e. The van der Waals surface area contributed by atoms with E-state index in [1.54, 1.807) is 20.4 Å². The van der Waals surface area contributed by atoms with E-state index in [0.29, 0.717) is 6.54 Å². The van der Waals surface area contributed by atoms with Crippen molar-refractivity contribution in [3.8, 4) is 11.5 Å². The number of ether oxygens (including phenoxy) is 2. The summed E-state index contributed by atoms with van der Waals surface area (Å²) in [5.41, 5.74) is 3.49. The lowest BCUT2D eigenvalue weighted by atomic mass is 10.1. The summed E-state index contributed by atoms with van der Waals surface area (Å²) in [6.45, 7) is 4.91. The van der Waals surface area contributed by atoms with E-state index in [1.807, 2.05) is 41.2 Å². The zero-order valence-corrected chi connectivity index (χ0v) is 21.2. The van der Waals surface area contributed by atoms with Crippen molar-refractivity contribution < 1.29 is 9.47 Å². The second-order valence-corrected chi connectivity index (χ2v) is 7.02. The number of halogens is 1. The molecule has 7 nitrogen and oxygen atoms in total. The summed E-state index contributed by atoms with van der Waals surface area (Å²) >= 11 is 0. The molecule has 0 atom stereocenters. The summed E-state index contributed by atoms with van der Waals surface area (Å²) in [6.07, 6.45) is 4.56. The van der Waals surface area contributed by atoms with Gasteiger partial charge in [-0.1, -0.05) is 24.3 Å². The topological polar surface area (TPSA) is 72.7 Å². The van der Waals surface area contributed by atoms with Crippen molar-refractivity contribution in [1.29, 1.82) is 0 Å². The first kappa shape index (κ1) is 25.5. The normalized spacial score (nSPS) is 10.9. The number of nitrogens with zero attached hydrogens (tertiary/aromatic N) is 3. The number of guanidine groups is 1. The van der Waals surface area contributed by atoms with Crippen molar-refractivity contribution in [2.24, 2.45) is 4.99 Å². The fraction of sp³-hybridized carbons (Fsp3) is 0.333. The molecular formula is C24H32IN5O2. The summed E-state index contributed by atoms with van der Waals surface area (Å²) in [5.74, 6) is 2.47. The molecule has 0 saturated heterocycles. The largest absolute Gasteiger partial charge is 0.497 e. The number of rotatable bonds is 10.